The van der Waals surface area contributed by atoms with Crippen molar-refractivity contribution in [1.29, 1.82) is 0 Å². The van der Waals surface area contributed by atoms with Gasteiger partial charge in [0.25, 0.3) is 0 Å². The van der Waals surface area contributed by atoms with Crippen molar-refractivity contribution in [2.75, 3.05) is 46.5 Å². The molecule has 0 heterocycles. The molecule has 0 aromatic rings. The van der Waals surface area contributed by atoms with Gasteiger partial charge in [0.2, 0.25) is 10.0 Å². The molecule has 1 saturated carbocycles. The Labute approximate surface area is 171 Å². The topological polar surface area (TPSA) is 65.0 Å². The van der Waals surface area contributed by atoms with Crippen LogP contribution in [0.2, 0.25) is 0 Å². The van der Waals surface area contributed by atoms with Crippen LogP contribution in [0.5, 0.6) is 0 Å². The molecule has 0 aliphatic heterocycles. The normalized spacial score (nSPS) is 21.8. The summed E-state index contributed by atoms with van der Waals surface area (Å²) >= 11 is 0. The molecule has 8 heteroatoms. The van der Waals surface area contributed by atoms with Gasteiger partial charge in [-0.15, -0.1) is 24.0 Å². The number of rotatable bonds is 8. The molecule has 25 heavy (non-hydrogen) atoms. The zero-order valence-electron chi connectivity index (χ0n) is 16.5. The van der Waals surface area contributed by atoms with Gasteiger partial charge in [-0.1, -0.05) is 26.7 Å². The van der Waals surface area contributed by atoms with E-state index >= 15 is 0 Å². The van der Waals surface area contributed by atoms with E-state index in [4.69, 9.17) is 0 Å². The van der Waals surface area contributed by atoms with Gasteiger partial charge in [-0.05, 0) is 31.1 Å². The lowest BCUT2D eigenvalue weighted by atomic mass is 9.83. The maximum absolute atomic E-state index is 11.6. The Balaban J connectivity index is 0.00000576. The molecule has 0 unspecified atom stereocenters. The Hall–Kier alpha value is -0.0900. The highest BCUT2D eigenvalue weighted by Gasteiger charge is 2.20. The van der Waals surface area contributed by atoms with E-state index in [0.29, 0.717) is 13.1 Å². The standard InChI is InChI=1S/C17H36N4O2S.HI/c1-6-21(24(5,22)23)13-7-12-19-17(18-3)20(4)14-16-10-8-15(2)9-11-16;/h15-16H,6-14H2,1-5H3,(H,18,19);1H. The van der Waals surface area contributed by atoms with Gasteiger partial charge in [-0.3, -0.25) is 4.99 Å². The highest BCUT2D eigenvalue weighted by atomic mass is 127. The number of sulfonamides is 1. The maximum Gasteiger partial charge on any atom is 0.211 e. The first-order chi connectivity index (χ1) is 11.3. The first-order valence-electron chi connectivity index (χ1n) is 9.14. The minimum Gasteiger partial charge on any atom is -0.356 e. The van der Waals surface area contributed by atoms with Gasteiger partial charge in [-0.2, -0.15) is 0 Å². The van der Waals surface area contributed by atoms with Crippen molar-refractivity contribution >= 4 is 40.0 Å². The Bertz CT molecular complexity index is 491. The average molecular weight is 488 g/mol. The van der Waals surface area contributed by atoms with E-state index in [1.54, 1.807) is 7.05 Å². The molecule has 1 fully saturated rings. The molecule has 0 spiro atoms. The molecule has 1 aliphatic carbocycles. The summed E-state index contributed by atoms with van der Waals surface area (Å²) in [6.45, 7) is 7.04. The second-order valence-electron chi connectivity index (χ2n) is 7.09. The lowest BCUT2D eigenvalue weighted by Crippen LogP contribution is -2.42. The van der Waals surface area contributed by atoms with Crippen molar-refractivity contribution in [1.82, 2.24) is 14.5 Å². The summed E-state index contributed by atoms with van der Waals surface area (Å²) in [6.07, 6.45) is 7.33. The van der Waals surface area contributed by atoms with Crippen molar-refractivity contribution in [3.8, 4) is 0 Å². The van der Waals surface area contributed by atoms with Crippen molar-refractivity contribution in [3.05, 3.63) is 0 Å². The molecule has 150 valence electrons. The monoisotopic (exact) mass is 488 g/mol. The summed E-state index contributed by atoms with van der Waals surface area (Å²) in [5.74, 6) is 2.53. The lowest BCUT2D eigenvalue weighted by Gasteiger charge is -2.31. The lowest BCUT2D eigenvalue weighted by molar-refractivity contribution is 0.250. The highest BCUT2D eigenvalue weighted by Crippen LogP contribution is 2.28. The van der Waals surface area contributed by atoms with Crippen LogP contribution in [0.25, 0.3) is 0 Å². The first-order valence-corrected chi connectivity index (χ1v) is 11.0. The summed E-state index contributed by atoms with van der Waals surface area (Å²) in [6, 6.07) is 0. The van der Waals surface area contributed by atoms with E-state index in [0.717, 1.165) is 37.3 Å². The SMILES string of the molecule is CCN(CCCNC(=NC)N(C)CC1CCC(C)CC1)S(C)(=O)=O.I. The number of nitrogens with one attached hydrogen (secondary N) is 1. The summed E-state index contributed by atoms with van der Waals surface area (Å²) in [5.41, 5.74) is 0. The molecule has 0 amide bonds. The third-order valence-electron chi connectivity index (χ3n) is 4.93. The summed E-state index contributed by atoms with van der Waals surface area (Å²) < 4.78 is 24.7. The van der Waals surface area contributed by atoms with Gasteiger partial charge in [0.1, 0.15) is 0 Å². The zero-order chi connectivity index (χ0) is 18.2. The van der Waals surface area contributed by atoms with Crippen LogP contribution in [-0.2, 0) is 10.0 Å². The Kier molecular flexibility index (Phi) is 12.3. The first kappa shape index (κ1) is 24.9. The summed E-state index contributed by atoms with van der Waals surface area (Å²) in [7, 11) is 0.791. The minimum absolute atomic E-state index is 0. The van der Waals surface area contributed by atoms with E-state index in [1.165, 1.54) is 36.2 Å². The smallest absolute Gasteiger partial charge is 0.211 e. The van der Waals surface area contributed by atoms with Crippen molar-refractivity contribution in [2.45, 2.75) is 46.0 Å². The molecule has 0 atom stereocenters. The molecule has 0 saturated heterocycles. The molecule has 0 bridgehead atoms. The average Bonchev–Trinajstić information content (AvgIpc) is 2.51. The number of halogens is 1. The molecule has 6 nitrogen and oxygen atoms in total. The Morgan fingerprint density at radius 2 is 1.84 bits per heavy atom. The third kappa shape index (κ3) is 9.42. The van der Waals surface area contributed by atoms with Crippen molar-refractivity contribution in [2.24, 2.45) is 16.8 Å². The summed E-state index contributed by atoms with van der Waals surface area (Å²) in [5, 5.41) is 3.35. The predicted octanol–water partition coefficient (Wildman–Crippen LogP) is 2.61. The van der Waals surface area contributed by atoms with Crippen LogP contribution >= 0.6 is 24.0 Å². The maximum atomic E-state index is 11.6. The molecular formula is C17H37IN4O2S. The van der Waals surface area contributed by atoms with E-state index in [2.05, 4.69) is 29.2 Å². The fraction of sp³-hybridized carbons (Fsp3) is 0.941. The van der Waals surface area contributed by atoms with Crippen molar-refractivity contribution < 1.29 is 8.42 Å². The van der Waals surface area contributed by atoms with Crippen LogP contribution in [-0.4, -0.2) is 70.1 Å². The van der Waals surface area contributed by atoms with E-state index in [1.807, 2.05) is 6.92 Å². The zero-order valence-corrected chi connectivity index (χ0v) is 19.6. The molecule has 0 aromatic heterocycles. The minimum atomic E-state index is -3.10. The molecular weight excluding hydrogens is 451 g/mol. The van der Waals surface area contributed by atoms with E-state index in [-0.39, 0.29) is 24.0 Å². The second kappa shape index (κ2) is 12.3. The van der Waals surface area contributed by atoms with Gasteiger partial charge >= 0.3 is 0 Å². The molecule has 1 rings (SSSR count). The van der Waals surface area contributed by atoms with Crippen LogP contribution in [0.1, 0.15) is 46.0 Å². The molecule has 0 radical (unpaired) electrons. The van der Waals surface area contributed by atoms with Gasteiger partial charge in [0.15, 0.2) is 5.96 Å². The number of hydrogen-bond acceptors (Lipinski definition) is 3. The van der Waals surface area contributed by atoms with E-state index in [9.17, 15) is 8.42 Å². The number of guanidine groups is 1. The number of aliphatic imine (C=N–C) groups is 1. The van der Waals surface area contributed by atoms with Gasteiger partial charge in [0, 0.05) is 40.3 Å². The predicted molar refractivity (Wildman–Crippen MR) is 117 cm³/mol. The van der Waals surface area contributed by atoms with Gasteiger partial charge < -0.3 is 10.2 Å². The fourth-order valence-corrected chi connectivity index (χ4v) is 4.31. The quantitative estimate of drug-likeness (QED) is 0.247. The fourth-order valence-electron chi connectivity index (χ4n) is 3.38. The third-order valence-corrected chi connectivity index (χ3v) is 6.31. The van der Waals surface area contributed by atoms with Crippen LogP contribution in [0.4, 0.5) is 0 Å². The van der Waals surface area contributed by atoms with E-state index < -0.39 is 10.0 Å². The van der Waals surface area contributed by atoms with Crippen LogP contribution < -0.4 is 5.32 Å². The Morgan fingerprint density at radius 3 is 2.32 bits per heavy atom. The second-order valence-corrected chi connectivity index (χ2v) is 9.07. The van der Waals surface area contributed by atoms with Gasteiger partial charge in [0.05, 0.1) is 6.26 Å². The molecule has 1 N–H and O–H groups in total. The number of hydrogen-bond donors (Lipinski definition) is 1. The number of nitrogens with zero attached hydrogens (tertiary/aromatic N) is 3. The van der Waals surface area contributed by atoms with Crippen LogP contribution in [0.15, 0.2) is 4.99 Å². The summed E-state index contributed by atoms with van der Waals surface area (Å²) in [4.78, 5) is 6.56. The largest absolute Gasteiger partial charge is 0.356 e. The van der Waals surface area contributed by atoms with Crippen molar-refractivity contribution in [3.63, 3.8) is 0 Å². The molecule has 0 aromatic carbocycles. The Morgan fingerprint density at radius 1 is 1.24 bits per heavy atom. The van der Waals surface area contributed by atoms with Crippen LogP contribution in [0.3, 0.4) is 0 Å². The molecule has 1 aliphatic rings. The highest BCUT2D eigenvalue weighted by molar-refractivity contribution is 14.0. The van der Waals surface area contributed by atoms with Crippen LogP contribution in [0, 0.1) is 11.8 Å². The van der Waals surface area contributed by atoms with Gasteiger partial charge in [-0.25, -0.2) is 12.7 Å².